The van der Waals surface area contributed by atoms with Gasteiger partial charge < -0.3 is 14.8 Å². The van der Waals surface area contributed by atoms with Crippen molar-refractivity contribution in [2.45, 2.75) is 40.0 Å². The summed E-state index contributed by atoms with van der Waals surface area (Å²) in [4.78, 5) is 17.3. The van der Waals surface area contributed by atoms with Crippen molar-refractivity contribution in [2.24, 2.45) is 16.8 Å². The molecule has 0 aliphatic carbocycles. The summed E-state index contributed by atoms with van der Waals surface area (Å²) in [6.07, 6.45) is -0.0314. The number of alkyl halides is 2. The molecule has 2 aliphatic heterocycles. The van der Waals surface area contributed by atoms with Crippen molar-refractivity contribution in [1.82, 2.24) is 15.1 Å². The van der Waals surface area contributed by atoms with Crippen LogP contribution in [0.3, 0.4) is 0 Å². The van der Waals surface area contributed by atoms with Crippen LogP contribution in [0.5, 0.6) is 11.5 Å². The predicted octanol–water partition coefficient (Wildman–Crippen LogP) is 4.61. The quantitative estimate of drug-likeness (QED) is 0.737. The predicted molar refractivity (Wildman–Crippen MR) is 111 cm³/mol. The molecule has 0 fully saturated rings. The Morgan fingerprint density at radius 1 is 1.32 bits per heavy atom. The Bertz CT molecular complexity index is 1100. The lowest BCUT2D eigenvalue weighted by Gasteiger charge is -2.21. The van der Waals surface area contributed by atoms with Gasteiger partial charge in [0.15, 0.2) is 11.5 Å². The fraction of sp³-hybridized carbons (Fsp3) is 0.381. The van der Waals surface area contributed by atoms with Crippen LogP contribution in [0.1, 0.15) is 43.2 Å². The van der Waals surface area contributed by atoms with Crippen LogP contribution in [0.25, 0.3) is 0 Å². The number of amides is 1. The molecule has 1 aromatic carbocycles. The summed E-state index contributed by atoms with van der Waals surface area (Å²) in [6, 6.07) is 4.36. The van der Waals surface area contributed by atoms with E-state index in [4.69, 9.17) is 11.6 Å². The number of aryl methyl sites for hydroxylation is 1. The number of nitrogens with one attached hydrogen (secondary N) is 1. The van der Waals surface area contributed by atoms with Gasteiger partial charge in [-0.2, -0.15) is 5.10 Å². The molecule has 0 radical (unpaired) electrons. The lowest BCUT2D eigenvalue weighted by Crippen LogP contribution is -2.30. The third-order valence-corrected chi connectivity index (χ3v) is 5.84. The van der Waals surface area contributed by atoms with Crippen molar-refractivity contribution in [2.75, 3.05) is 0 Å². The molecule has 0 saturated heterocycles. The minimum Gasteiger partial charge on any atom is -0.395 e. The number of aromatic nitrogens is 2. The minimum atomic E-state index is -3.72. The molecular formula is C21H21ClF2N4O3. The standard InChI is InChI=1S/C21H21ClF2N4O3/c1-4-28-17(5-6-26-28)20(29)27-16-10-25-15(7-11(2)12(16)3)13-8-18-19(9-14(13)22)31-21(23,24)30-18/h5-6,8-12H,4,7H2,1-3H3,(H,27,29). The van der Waals surface area contributed by atoms with E-state index in [0.717, 1.165) is 0 Å². The lowest BCUT2D eigenvalue weighted by atomic mass is 9.87. The number of hydrogen-bond acceptors (Lipinski definition) is 5. The maximum absolute atomic E-state index is 13.4. The van der Waals surface area contributed by atoms with E-state index in [0.29, 0.717) is 35.6 Å². The second-order valence-electron chi connectivity index (χ2n) is 7.56. The highest BCUT2D eigenvalue weighted by molar-refractivity contribution is 6.34. The van der Waals surface area contributed by atoms with Crippen LogP contribution in [-0.2, 0) is 6.54 Å². The summed E-state index contributed by atoms with van der Waals surface area (Å²) < 4.78 is 37.4. The van der Waals surface area contributed by atoms with Crippen molar-refractivity contribution in [3.05, 3.63) is 52.6 Å². The molecule has 10 heteroatoms. The van der Waals surface area contributed by atoms with Gasteiger partial charge in [0.25, 0.3) is 5.91 Å². The van der Waals surface area contributed by atoms with E-state index >= 15 is 0 Å². The molecule has 1 aromatic heterocycles. The van der Waals surface area contributed by atoms with Crippen molar-refractivity contribution in [3.8, 4) is 11.5 Å². The molecule has 31 heavy (non-hydrogen) atoms. The molecule has 164 valence electrons. The Hall–Kier alpha value is -2.94. The van der Waals surface area contributed by atoms with Crippen molar-refractivity contribution in [3.63, 3.8) is 0 Å². The van der Waals surface area contributed by atoms with Gasteiger partial charge in [-0.1, -0.05) is 25.4 Å². The second kappa shape index (κ2) is 7.96. The fourth-order valence-corrected chi connectivity index (χ4v) is 3.86. The number of nitrogens with zero attached hydrogens (tertiary/aromatic N) is 3. The van der Waals surface area contributed by atoms with E-state index in [1.165, 1.54) is 12.1 Å². The summed E-state index contributed by atoms with van der Waals surface area (Å²) in [7, 11) is 0. The van der Waals surface area contributed by atoms with Gasteiger partial charge in [-0.3, -0.25) is 14.5 Å². The molecule has 2 aromatic rings. The topological polar surface area (TPSA) is 77.7 Å². The van der Waals surface area contributed by atoms with E-state index in [1.807, 2.05) is 20.8 Å². The molecular weight excluding hydrogens is 430 g/mol. The number of benzene rings is 1. The maximum atomic E-state index is 13.4. The van der Waals surface area contributed by atoms with E-state index in [9.17, 15) is 13.6 Å². The van der Waals surface area contributed by atoms with E-state index in [2.05, 4.69) is 24.9 Å². The van der Waals surface area contributed by atoms with Crippen molar-refractivity contribution >= 4 is 23.2 Å². The number of carbonyl (C=O) groups is 1. The SMILES string of the molecule is CCn1nccc1C(=O)NC1=CN=C(c2cc3c(cc2Cl)OC(F)(F)O3)CC(C)C1C. The zero-order valence-corrected chi connectivity index (χ0v) is 17.9. The first kappa shape index (κ1) is 21.3. The molecule has 0 bridgehead atoms. The monoisotopic (exact) mass is 450 g/mol. The zero-order valence-electron chi connectivity index (χ0n) is 17.2. The highest BCUT2D eigenvalue weighted by Crippen LogP contribution is 2.44. The average Bonchev–Trinajstić information content (AvgIpc) is 3.27. The van der Waals surface area contributed by atoms with Gasteiger partial charge in [-0.05, 0) is 31.4 Å². The number of halogens is 3. The van der Waals surface area contributed by atoms with Gasteiger partial charge in [0.05, 0.1) is 5.02 Å². The molecule has 4 rings (SSSR count). The summed E-state index contributed by atoms with van der Waals surface area (Å²) in [5.41, 5.74) is 2.19. The normalized spacial score (nSPS) is 21.9. The highest BCUT2D eigenvalue weighted by atomic mass is 35.5. The van der Waals surface area contributed by atoms with Gasteiger partial charge in [0.2, 0.25) is 0 Å². The Balaban J connectivity index is 1.63. The van der Waals surface area contributed by atoms with Gasteiger partial charge in [0.1, 0.15) is 5.69 Å². The van der Waals surface area contributed by atoms with Gasteiger partial charge in [0, 0.05) is 47.9 Å². The van der Waals surface area contributed by atoms with Gasteiger partial charge >= 0.3 is 6.29 Å². The molecule has 1 N–H and O–H groups in total. The lowest BCUT2D eigenvalue weighted by molar-refractivity contribution is -0.286. The molecule has 2 unspecified atom stereocenters. The summed E-state index contributed by atoms with van der Waals surface area (Å²) >= 11 is 6.33. The highest BCUT2D eigenvalue weighted by Gasteiger charge is 2.44. The largest absolute Gasteiger partial charge is 0.586 e. The van der Waals surface area contributed by atoms with Crippen LogP contribution >= 0.6 is 11.6 Å². The van der Waals surface area contributed by atoms with Crippen LogP contribution in [0.15, 0.2) is 41.3 Å². The van der Waals surface area contributed by atoms with Gasteiger partial charge in [-0.15, -0.1) is 8.78 Å². The summed E-state index contributed by atoms with van der Waals surface area (Å²) in [6.45, 7) is 6.50. The van der Waals surface area contributed by atoms with Crippen LogP contribution < -0.4 is 14.8 Å². The van der Waals surface area contributed by atoms with Crippen LogP contribution in [0, 0.1) is 11.8 Å². The number of carbonyl (C=O) groups excluding carboxylic acids is 1. The van der Waals surface area contributed by atoms with Crippen molar-refractivity contribution < 1.29 is 23.0 Å². The van der Waals surface area contributed by atoms with E-state index < -0.39 is 6.29 Å². The number of allylic oxidation sites excluding steroid dienone is 1. The van der Waals surface area contributed by atoms with E-state index in [1.54, 1.807) is 23.1 Å². The van der Waals surface area contributed by atoms with Gasteiger partial charge in [-0.25, -0.2) is 0 Å². The minimum absolute atomic E-state index is 0.0136. The number of fused-ring (bicyclic) bond motifs is 1. The summed E-state index contributed by atoms with van der Waals surface area (Å²) in [5.74, 6) is -0.411. The Labute approximate surface area is 182 Å². The molecule has 0 spiro atoms. The second-order valence-corrected chi connectivity index (χ2v) is 7.97. The number of ether oxygens (including phenoxy) is 2. The molecule has 1 amide bonds. The third-order valence-electron chi connectivity index (χ3n) is 5.53. The average molecular weight is 451 g/mol. The van der Waals surface area contributed by atoms with Crippen LogP contribution in [0.2, 0.25) is 5.02 Å². The fourth-order valence-electron chi connectivity index (χ4n) is 3.60. The third kappa shape index (κ3) is 4.14. The number of rotatable bonds is 4. The molecule has 2 atom stereocenters. The Morgan fingerprint density at radius 3 is 2.74 bits per heavy atom. The molecule has 0 saturated carbocycles. The van der Waals surface area contributed by atoms with Crippen LogP contribution in [-0.4, -0.2) is 27.7 Å². The van der Waals surface area contributed by atoms with E-state index in [-0.39, 0.29) is 34.3 Å². The first-order valence-corrected chi connectivity index (χ1v) is 10.3. The molecule has 7 nitrogen and oxygen atoms in total. The molecule has 2 aliphatic rings. The van der Waals surface area contributed by atoms with Crippen LogP contribution in [0.4, 0.5) is 8.78 Å². The number of hydrogen-bond donors (Lipinski definition) is 1. The first-order chi connectivity index (χ1) is 14.7. The summed E-state index contributed by atoms with van der Waals surface area (Å²) in [5, 5.41) is 7.28. The molecule has 3 heterocycles. The van der Waals surface area contributed by atoms with Crippen molar-refractivity contribution in [1.29, 1.82) is 0 Å². The zero-order chi connectivity index (χ0) is 22.3. The Kier molecular flexibility index (Phi) is 5.47. The first-order valence-electron chi connectivity index (χ1n) is 9.88. The Morgan fingerprint density at radius 2 is 2.03 bits per heavy atom. The maximum Gasteiger partial charge on any atom is 0.586 e. The number of aliphatic imine (C=N–C) groups is 1. The smallest absolute Gasteiger partial charge is 0.395 e.